The molecule has 2 nitrogen and oxygen atoms in total. The maximum Gasteiger partial charge on any atom is 0.314 e. The fourth-order valence-electron chi connectivity index (χ4n) is 3.64. The van der Waals surface area contributed by atoms with Crippen LogP contribution in [0.1, 0.15) is 97.0 Å². The number of halogens is 1. The molecule has 26 heavy (non-hydrogen) atoms. The van der Waals surface area contributed by atoms with E-state index in [1.807, 2.05) is 31.2 Å². The zero-order valence-electron chi connectivity index (χ0n) is 16.9. The number of hydrogen-bond acceptors (Lipinski definition) is 1. The molecule has 0 aromatic heterocycles. The molecule has 0 aliphatic heterocycles. The van der Waals surface area contributed by atoms with Gasteiger partial charge in [0.25, 0.3) is 0 Å². The van der Waals surface area contributed by atoms with E-state index in [1.54, 1.807) is 0 Å². The molecule has 0 amide bonds. The SMILES string of the molecule is CCCCCCCCCCCCC(C)C(C)(C(=O)O)c1ccc(I)cc1. The monoisotopic (exact) mass is 472 g/mol. The van der Waals surface area contributed by atoms with Crippen molar-refractivity contribution in [1.82, 2.24) is 0 Å². The van der Waals surface area contributed by atoms with Gasteiger partial charge in [-0.2, -0.15) is 0 Å². The fourth-order valence-corrected chi connectivity index (χ4v) is 4.00. The van der Waals surface area contributed by atoms with Gasteiger partial charge in [0.05, 0.1) is 5.41 Å². The summed E-state index contributed by atoms with van der Waals surface area (Å²) in [6.07, 6.45) is 14.1. The molecule has 0 saturated heterocycles. The van der Waals surface area contributed by atoms with Gasteiger partial charge in [0.1, 0.15) is 0 Å². The number of carbonyl (C=O) groups is 1. The molecule has 0 heterocycles. The highest BCUT2D eigenvalue weighted by Gasteiger charge is 2.40. The first kappa shape index (κ1) is 23.5. The molecule has 0 spiro atoms. The number of benzene rings is 1. The molecule has 3 heteroatoms. The van der Waals surface area contributed by atoms with E-state index in [1.165, 1.54) is 57.8 Å². The van der Waals surface area contributed by atoms with Gasteiger partial charge in [0, 0.05) is 3.57 Å². The van der Waals surface area contributed by atoms with Crippen LogP contribution in [0.4, 0.5) is 0 Å². The van der Waals surface area contributed by atoms with Crippen LogP contribution in [0.15, 0.2) is 24.3 Å². The average molecular weight is 472 g/mol. The summed E-state index contributed by atoms with van der Waals surface area (Å²) >= 11 is 2.26. The second kappa shape index (κ2) is 12.7. The lowest BCUT2D eigenvalue weighted by Crippen LogP contribution is -2.39. The minimum atomic E-state index is -0.802. The Morgan fingerprint density at radius 2 is 1.42 bits per heavy atom. The molecule has 2 atom stereocenters. The van der Waals surface area contributed by atoms with E-state index in [-0.39, 0.29) is 5.92 Å². The second-order valence-electron chi connectivity index (χ2n) is 7.89. The van der Waals surface area contributed by atoms with E-state index in [9.17, 15) is 9.90 Å². The van der Waals surface area contributed by atoms with Gasteiger partial charge >= 0.3 is 5.97 Å². The molecular weight excluding hydrogens is 435 g/mol. The van der Waals surface area contributed by atoms with Crippen molar-refractivity contribution in [1.29, 1.82) is 0 Å². The van der Waals surface area contributed by atoms with Crippen LogP contribution in [-0.2, 0) is 10.2 Å². The third kappa shape index (κ3) is 7.58. The van der Waals surface area contributed by atoms with Crippen molar-refractivity contribution in [3.63, 3.8) is 0 Å². The number of hydrogen-bond donors (Lipinski definition) is 1. The largest absolute Gasteiger partial charge is 0.481 e. The van der Waals surface area contributed by atoms with E-state index < -0.39 is 11.4 Å². The summed E-state index contributed by atoms with van der Waals surface area (Å²) in [6.45, 7) is 6.24. The zero-order valence-corrected chi connectivity index (χ0v) is 19.1. The molecule has 0 bridgehead atoms. The lowest BCUT2D eigenvalue weighted by atomic mass is 9.70. The molecule has 0 radical (unpaired) electrons. The van der Waals surface area contributed by atoms with Gasteiger partial charge < -0.3 is 5.11 Å². The Balaban J connectivity index is 2.34. The Bertz CT molecular complexity index is 511. The summed E-state index contributed by atoms with van der Waals surface area (Å²) in [5, 5.41) is 9.89. The van der Waals surface area contributed by atoms with E-state index >= 15 is 0 Å². The molecule has 148 valence electrons. The average Bonchev–Trinajstić information content (AvgIpc) is 2.62. The molecule has 0 saturated carbocycles. The summed E-state index contributed by atoms with van der Waals surface area (Å²) in [5.41, 5.74) is 0.119. The van der Waals surface area contributed by atoms with Crippen molar-refractivity contribution in [3.05, 3.63) is 33.4 Å². The summed E-state index contributed by atoms with van der Waals surface area (Å²) in [7, 11) is 0. The van der Waals surface area contributed by atoms with Gasteiger partial charge in [-0.1, -0.05) is 90.2 Å². The molecule has 0 fully saturated rings. The Morgan fingerprint density at radius 3 is 1.88 bits per heavy atom. The van der Waals surface area contributed by atoms with E-state index in [0.29, 0.717) is 0 Å². The molecule has 2 unspecified atom stereocenters. The standard InChI is InChI=1S/C23H37IO2/c1-4-5-6-7-8-9-10-11-12-13-14-19(2)23(3,22(25)26)20-15-17-21(24)18-16-20/h15-19H,4-14H2,1-3H3,(H,25,26). The van der Waals surface area contributed by atoms with Crippen LogP contribution >= 0.6 is 22.6 Å². The summed E-state index contributed by atoms with van der Waals surface area (Å²) in [6, 6.07) is 7.96. The molecule has 1 rings (SSSR count). The Morgan fingerprint density at radius 1 is 0.962 bits per heavy atom. The van der Waals surface area contributed by atoms with Crippen molar-refractivity contribution in [2.45, 2.75) is 96.8 Å². The highest BCUT2D eigenvalue weighted by atomic mass is 127. The fraction of sp³-hybridized carbons (Fsp3) is 0.696. The van der Waals surface area contributed by atoms with Crippen LogP contribution in [0.3, 0.4) is 0 Å². The predicted molar refractivity (Wildman–Crippen MR) is 120 cm³/mol. The number of carboxylic acid groups (broad SMARTS) is 1. The molecule has 0 aliphatic rings. The maximum atomic E-state index is 12.0. The highest BCUT2D eigenvalue weighted by Crippen LogP contribution is 2.36. The van der Waals surface area contributed by atoms with Crippen LogP contribution in [0.5, 0.6) is 0 Å². The van der Waals surface area contributed by atoms with Crippen LogP contribution in [0.2, 0.25) is 0 Å². The van der Waals surface area contributed by atoms with Crippen LogP contribution in [0, 0.1) is 9.49 Å². The lowest BCUT2D eigenvalue weighted by Gasteiger charge is -2.32. The van der Waals surface area contributed by atoms with Crippen LogP contribution in [-0.4, -0.2) is 11.1 Å². The Hall–Kier alpha value is -0.580. The van der Waals surface area contributed by atoms with Crippen molar-refractivity contribution in [3.8, 4) is 0 Å². The summed E-state index contributed by atoms with van der Waals surface area (Å²) < 4.78 is 1.14. The van der Waals surface area contributed by atoms with Crippen molar-refractivity contribution >= 4 is 28.6 Å². The molecule has 1 aromatic rings. The number of unbranched alkanes of at least 4 members (excludes halogenated alkanes) is 9. The molecule has 0 aliphatic carbocycles. The van der Waals surface area contributed by atoms with Crippen molar-refractivity contribution in [2.24, 2.45) is 5.92 Å². The molecule has 1 aromatic carbocycles. The van der Waals surface area contributed by atoms with Crippen molar-refractivity contribution < 1.29 is 9.90 Å². The number of rotatable bonds is 14. The van der Waals surface area contributed by atoms with Crippen molar-refractivity contribution in [2.75, 3.05) is 0 Å². The van der Waals surface area contributed by atoms with E-state index in [2.05, 4.69) is 36.4 Å². The first-order valence-electron chi connectivity index (χ1n) is 10.4. The van der Waals surface area contributed by atoms with Gasteiger partial charge in [-0.05, 0) is 59.5 Å². The lowest BCUT2D eigenvalue weighted by molar-refractivity contribution is -0.145. The molecular formula is C23H37IO2. The Labute approximate surface area is 174 Å². The third-order valence-corrected chi connectivity index (χ3v) is 6.58. The summed E-state index contributed by atoms with van der Waals surface area (Å²) in [5.74, 6) is -0.576. The third-order valence-electron chi connectivity index (χ3n) is 5.86. The smallest absolute Gasteiger partial charge is 0.314 e. The molecule has 1 N–H and O–H groups in total. The van der Waals surface area contributed by atoms with E-state index in [4.69, 9.17) is 0 Å². The second-order valence-corrected chi connectivity index (χ2v) is 9.13. The van der Waals surface area contributed by atoms with Gasteiger partial charge in [-0.3, -0.25) is 4.79 Å². The minimum absolute atomic E-state index is 0.133. The maximum absolute atomic E-state index is 12.0. The quantitative estimate of drug-likeness (QED) is 0.224. The van der Waals surface area contributed by atoms with Gasteiger partial charge in [0.15, 0.2) is 0 Å². The van der Waals surface area contributed by atoms with Gasteiger partial charge in [0.2, 0.25) is 0 Å². The highest BCUT2D eigenvalue weighted by molar-refractivity contribution is 14.1. The Kier molecular flexibility index (Phi) is 11.5. The van der Waals surface area contributed by atoms with Crippen LogP contribution in [0.25, 0.3) is 0 Å². The van der Waals surface area contributed by atoms with Gasteiger partial charge in [-0.25, -0.2) is 0 Å². The van der Waals surface area contributed by atoms with Crippen LogP contribution < -0.4 is 0 Å². The predicted octanol–water partition coefficient (Wildman–Crippen LogP) is 7.58. The number of aliphatic carboxylic acids is 1. The van der Waals surface area contributed by atoms with Gasteiger partial charge in [-0.15, -0.1) is 0 Å². The topological polar surface area (TPSA) is 37.3 Å². The normalized spacial score (nSPS) is 14.8. The minimum Gasteiger partial charge on any atom is -0.481 e. The first-order chi connectivity index (χ1) is 12.4. The zero-order chi connectivity index (χ0) is 19.4. The summed E-state index contributed by atoms with van der Waals surface area (Å²) in [4.78, 5) is 12.0. The van der Waals surface area contributed by atoms with E-state index in [0.717, 1.165) is 22.0 Å². The number of carboxylic acids is 1. The first-order valence-corrected chi connectivity index (χ1v) is 11.5.